The van der Waals surface area contributed by atoms with Gasteiger partial charge in [0.25, 0.3) is 5.56 Å². The molecule has 1 amide bonds. The molecule has 0 saturated heterocycles. The van der Waals surface area contributed by atoms with Crippen molar-refractivity contribution in [3.05, 3.63) is 69.0 Å². The Kier molecular flexibility index (Phi) is 5.09. The van der Waals surface area contributed by atoms with Gasteiger partial charge in [0, 0.05) is 43.1 Å². The third kappa shape index (κ3) is 2.77. The molecule has 9 nitrogen and oxygen atoms in total. The number of esters is 1. The Labute approximate surface area is 185 Å². The normalized spacial score (nSPS) is 19.3. The summed E-state index contributed by atoms with van der Waals surface area (Å²) >= 11 is 0. The van der Waals surface area contributed by atoms with E-state index in [4.69, 9.17) is 15.2 Å². The molecule has 4 rings (SSSR count). The van der Waals surface area contributed by atoms with Crippen LogP contribution in [-0.2, 0) is 26.3 Å². The Balaban J connectivity index is 2.14. The fourth-order valence-corrected chi connectivity index (χ4v) is 4.62. The summed E-state index contributed by atoms with van der Waals surface area (Å²) in [6, 6.07) is 8.72. The number of hydrogen-bond acceptors (Lipinski definition) is 7. The Hall–Kier alpha value is -3.59. The van der Waals surface area contributed by atoms with Crippen molar-refractivity contribution in [1.82, 2.24) is 9.47 Å². The molecule has 2 N–H and O–H groups in total. The lowest BCUT2D eigenvalue weighted by molar-refractivity contribution is -0.138. The van der Waals surface area contributed by atoms with Gasteiger partial charge < -0.3 is 29.6 Å². The maximum atomic E-state index is 13.9. The molecule has 168 valence electrons. The van der Waals surface area contributed by atoms with Crippen LogP contribution in [0.25, 0.3) is 0 Å². The van der Waals surface area contributed by atoms with Crippen LogP contribution < -0.4 is 20.9 Å². The summed E-state index contributed by atoms with van der Waals surface area (Å²) in [6.45, 7) is 2.80. The van der Waals surface area contributed by atoms with Gasteiger partial charge in [-0.15, -0.1) is 0 Å². The molecule has 1 spiro atoms. The number of methoxy groups -OCH3 is 1. The lowest BCUT2D eigenvalue weighted by atomic mass is 9.68. The zero-order valence-electron chi connectivity index (χ0n) is 18.8. The van der Waals surface area contributed by atoms with Crippen LogP contribution in [0.1, 0.15) is 16.8 Å². The number of amides is 1. The number of benzene rings is 1. The molecule has 0 aliphatic carbocycles. The Morgan fingerprint density at radius 3 is 2.59 bits per heavy atom. The number of aromatic nitrogens is 1. The topological polar surface area (TPSA) is 107 Å². The van der Waals surface area contributed by atoms with Gasteiger partial charge in [0.2, 0.25) is 11.8 Å². The van der Waals surface area contributed by atoms with Gasteiger partial charge in [-0.25, -0.2) is 4.79 Å². The molecule has 2 aliphatic rings. The van der Waals surface area contributed by atoms with E-state index in [9.17, 15) is 14.4 Å². The minimum atomic E-state index is -1.76. The average molecular weight is 438 g/mol. The van der Waals surface area contributed by atoms with Gasteiger partial charge in [-0.2, -0.15) is 0 Å². The molecule has 0 radical (unpaired) electrons. The number of hydrogen-bond donors (Lipinski definition) is 1. The molecule has 3 heterocycles. The lowest BCUT2D eigenvalue weighted by Gasteiger charge is -2.35. The van der Waals surface area contributed by atoms with E-state index in [1.165, 1.54) is 12.0 Å². The SMILES string of the molecule is COC(=O)C1=C(N)Oc2cc(C)n(CCN(C)C)c(=O)c2[C@]12C(=O)N(C)c1ccccc12. The first-order chi connectivity index (χ1) is 15.2. The van der Waals surface area contributed by atoms with Crippen LogP contribution in [0.3, 0.4) is 0 Å². The second-order valence-corrected chi connectivity index (χ2v) is 8.25. The number of carbonyl (C=O) groups is 2. The number of carbonyl (C=O) groups excluding carboxylic acids is 2. The molecule has 2 aromatic rings. The number of ether oxygens (including phenoxy) is 2. The number of rotatable bonds is 4. The molecule has 1 aromatic carbocycles. The van der Waals surface area contributed by atoms with Gasteiger partial charge in [0.15, 0.2) is 0 Å². The minimum Gasteiger partial charge on any atom is -0.465 e. The highest BCUT2D eigenvalue weighted by molar-refractivity contribution is 6.18. The largest absolute Gasteiger partial charge is 0.465 e. The van der Waals surface area contributed by atoms with E-state index >= 15 is 0 Å². The van der Waals surface area contributed by atoms with E-state index < -0.39 is 22.9 Å². The van der Waals surface area contributed by atoms with E-state index in [1.54, 1.807) is 48.9 Å². The minimum absolute atomic E-state index is 0.0678. The van der Waals surface area contributed by atoms with Crippen LogP contribution in [0.15, 0.2) is 46.6 Å². The lowest BCUT2D eigenvalue weighted by Crippen LogP contribution is -2.51. The van der Waals surface area contributed by atoms with Gasteiger partial charge in [-0.3, -0.25) is 9.59 Å². The number of fused-ring (bicyclic) bond motifs is 4. The zero-order chi connectivity index (χ0) is 23.4. The summed E-state index contributed by atoms with van der Waals surface area (Å²) in [5, 5.41) is 0. The van der Waals surface area contributed by atoms with Crippen molar-refractivity contribution in [2.45, 2.75) is 18.9 Å². The number of likely N-dealkylation sites (N-methyl/N-ethyl adjacent to an activating group) is 2. The average Bonchev–Trinajstić information content (AvgIpc) is 2.95. The molecule has 0 bridgehead atoms. The van der Waals surface area contributed by atoms with E-state index in [2.05, 4.69) is 0 Å². The zero-order valence-corrected chi connectivity index (χ0v) is 18.8. The molecule has 2 aliphatic heterocycles. The fraction of sp³-hybridized carbons (Fsp3) is 0.348. The summed E-state index contributed by atoms with van der Waals surface area (Å²) in [4.78, 5) is 44.2. The predicted molar refractivity (Wildman–Crippen MR) is 118 cm³/mol. The first-order valence-electron chi connectivity index (χ1n) is 10.2. The molecule has 9 heteroatoms. The Morgan fingerprint density at radius 2 is 1.94 bits per heavy atom. The number of aryl methyl sites for hydroxylation is 1. The van der Waals surface area contributed by atoms with E-state index in [0.29, 0.717) is 30.0 Å². The van der Waals surface area contributed by atoms with Crippen molar-refractivity contribution in [2.75, 3.05) is 39.7 Å². The summed E-state index contributed by atoms with van der Waals surface area (Å²) in [7, 11) is 6.63. The molecule has 0 fully saturated rings. The van der Waals surface area contributed by atoms with Crippen LogP contribution in [0.5, 0.6) is 5.75 Å². The molecule has 1 aromatic heterocycles. The molecular formula is C23H26N4O5. The highest BCUT2D eigenvalue weighted by atomic mass is 16.5. The maximum absolute atomic E-state index is 13.9. The van der Waals surface area contributed by atoms with Crippen molar-refractivity contribution < 1.29 is 19.1 Å². The highest BCUT2D eigenvalue weighted by Gasteiger charge is 2.61. The van der Waals surface area contributed by atoms with Crippen LogP contribution in [0.2, 0.25) is 0 Å². The predicted octanol–water partition coefficient (Wildman–Crippen LogP) is 0.717. The summed E-state index contributed by atoms with van der Waals surface area (Å²) in [5.41, 5.74) is 5.64. The highest BCUT2D eigenvalue weighted by Crippen LogP contribution is 2.54. The van der Waals surface area contributed by atoms with Crippen molar-refractivity contribution in [3.8, 4) is 5.75 Å². The van der Waals surface area contributed by atoms with Gasteiger partial charge in [-0.05, 0) is 27.1 Å². The second kappa shape index (κ2) is 7.52. The number of anilines is 1. The van der Waals surface area contributed by atoms with Crippen molar-refractivity contribution >= 4 is 17.6 Å². The third-order valence-corrected chi connectivity index (χ3v) is 6.14. The Bertz CT molecular complexity index is 1230. The van der Waals surface area contributed by atoms with Crippen LogP contribution in [-0.4, -0.2) is 56.1 Å². The van der Waals surface area contributed by atoms with Gasteiger partial charge in [0.05, 0.1) is 12.7 Å². The first-order valence-corrected chi connectivity index (χ1v) is 10.2. The summed E-state index contributed by atoms with van der Waals surface area (Å²) in [5.74, 6) is -1.39. The van der Waals surface area contributed by atoms with Crippen LogP contribution >= 0.6 is 0 Å². The number of para-hydroxylation sites is 1. The maximum Gasteiger partial charge on any atom is 0.340 e. The molecule has 32 heavy (non-hydrogen) atoms. The first kappa shape index (κ1) is 21.6. The smallest absolute Gasteiger partial charge is 0.340 e. The van der Waals surface area contributed by atoms with Gasteiger partial charge >= 0.3 is 5.97 Å². The van der Waals surface area contributed by atoms with Crippen molar-refractivity contribution in [3.63, 3.8) is 0 Å². The van der Waals surface area contributed by atoms with E-state index in [1.807, 2.05) is 19.0 Å². The van der Waals surface area contributed by atoms with Crippen molar-refractivity contribution in [2.24, 2.45) is 5.73 Å². The van der Waals surface area contributed by atoms with Gasteiger partial charge in [0.1, 0.15) is 16.7 Å². The molecular weight excluding hydrogens is 412 g/mol. The molecule has 0 unspecified atom stereocenters. The second-order valence-electron chi connectivity index (χ2n) is 8.25. The quantitative estimate of drug-likeness (QED) is 0.701. The van der Waals surface area contributed by atoms with Crippen LogP contribution in [0, 0.1) is 6.92 Å². The van der Waals surface area contributed by atoms with Crippen molar-refractivity contribution in [1.29, 1.82) is 0 Å². The number of pyridine rings is 1. The third-order valence-electron chi connectivity index (χ3n) is 6.14. The monoisotopic (exact) mass is 438 g/mol. The summed E-state index contributed by atoms with van der Waals surface area (Å²) in [6.07, 6.45) is 0. The number of nitrogens with zero attached hydrogens (tertiary/aromatic N) is 3. The van der Waals surface area contributed by atoms with E-state index in [-0.39, 0.29) is 22.8 Å². The fourth-order valence-electron chi connectivity index (χ4n) is 4.62. The summed E-state index contributed by atoms with van der Waals surface area (Å²) < 4.78 is 12.3. The Morgan fingerprint density at radius 1 is 1.25 bits per heavy atom. The molecule has 0 saturated carbocycles. The number of nitrogens with two attached hydrogens (primary N) is 1. The molecule has 1 atom stereocenters. The standard InChI is InChI=1S/C23H26N4O5/c1-13-12-16-17(20(28)27(13)11-10-25(2)3)23(18(19(24)32-16)21(29)31-5)14-8-6-7-9-15(14)26(4)22(23)30/h6-9,12H,10-11,24H2,1-5H3/t23-/m0/s1. The van der Waals surface area contributed by atoms with Crippen LogP contribution in [0.4, 0.5) is 5.69 Å². The van der Waals surface area contributed by atoms with E-state index in [0.717, 1.165) is 0 Å². The van der Waals surface area contributed by atoms with Gasteiger partial charge in [-0.1, -0.05) is 18.2 Å².